The van der Waals surface area contributed by atoms with Gasteiger partial charge in [0, 0.05) is 54.5 Å². The minimum Gasteiger partial charge on any atom is -0.309 e. The molecular weight excluding hydrogens is 757 g/mol. The Hall–Kier alpha value is -8.84. The summed E-state index contributed by atoms with van der Waals surface area (Å²) >= 11 is 0. The summed E-state index contributed by atoms with van der Waals surface area (Å²) in [6.45, 7) is 0. The van der Waals surface area contributed by atoms with Crippen LogP contribution in [0, 0.1) is 22.7 Å². The van der Waals surface area contributed by atoms with E-state index in [-0.39, 0.29) is 0 Å². The van der Waals surface area contributed by atoms with Gasteiger partial charge in [-0.25, -0.2) is 0 Å². The number of nitrogens with zero attached hydrogens (tertiary/aromatic N) is 6. The number of rotatable bonds is 4. The average molecular weight is 789 g/mol. The van der Waals surface area contributed by atoms with E-state index in [0.717, 1.165) is 110 Å². The van der Waals surface area contributed by atoms with E-state index in [9.17, 15) is 10.5 Å². The summed E-state index contributed by atoms with van der Waals surface area (Å²) in [6.07, 6.45) is 0. The van der Waals surface area contributed by atoms with Crippen molar-refractivity contribution in [2.45, 2.75) is 0 Å². The van der Waals surface area contributed by atoms with Crippen molar-refractivity contribution >= 4 is 87.2 Å². The highest BCUT2D eigenvalue weighted by Crippen LogP contribution is 2.46. The van der Waals surface area contributed by atoms with Crippen molar-refractivity contribution in [3.63, 3.8) is 0 Å². The molecule has 286 valence electrons. The highest BCUT2D eigenvalue weighted by molar-refractivity contribution is 6.28. The van der Waals surface area contributed by atoms with Crippen LogP contribution in [0.15, 0.2) is 194 Å². The SMILES string of the molecule is N#Cc1cc(-n2c3ccccc3c3ccc4c(c5ccccc5n4-c4ccccc4)c32)c(-n2c3ccccc3c3ccc4c(c5ccccc5n4-c4ccccc4)c32)cc1C#N. The van der Waals surface area contributed by atoms with E-state index < -0.39 is 0 Å². The van der Waals surface area contributed by atoms with E-state index in [0.29, 0.717) is 11.1 Å². The molecular formula is C56H32N6. The van der Waals surface area contributed by atoms with Crippen LogP contribution in [0.25, 0.3) is 110 Å². The van der Waals surface area contributed by atoms with Crippen molar-refractivity contribution in [1.82, 2.24) is 18.3 Å². The molecule has 0 saturated heterocycles. The number of fused-ring (bicyclic) bond motifs is 14. The molecule has 0 saturated carbocycles. The van der Waals surface area contributed by atoms with Crippen LogP contribution in [-0.2, 0) is 0 Å². The highest BCUT2D eigenvalue weighted by atomic mass is 15.1. The smallest absolute Gasteiger partial charge is 0.101 e. The van der Waals surface area contributed by atoms with Gasteiger partial charge in [0.25, 0.3) is 0 Å². The van der Waals surface area contributed by atoms with E-state index in [1.165, 1.54) is 0 Å². The van der Waals surface area contributed by atoms with Gasteiger partial charge in [0.15, 0.2) is 0 Å². The molecule has 4 heterocycles. The fraction of sp³-hybridized carbons (Fsp3) is 0. The topological polar surface area (TPSA) is 67.3 Å². The van der Waals surface area contributed by atoms with Gasteiger partial charge in [-0.3, -0.25) is 0 Å². The van der Waals surface area contributed by atoms with Crippen molar-refractivity contribution < 1.29 is 0 Å². The Morgan fingerprint density at radius 2 is 0.629 bits per heavy atom. The van der Waals surface area contributed by atoms with Crippen molar-refractivity contribution in [2.75, 3.05) is 0 Å². The Morgan fingerprint density at radius 3 is 1.02 bits per heavy atom. The fourth-order valence-electron chi connectivity index (χ4n) is 10.3. The van der Waals surface area contributed by atoms with Crippen LogP contribution >= 0.6 is 0 Å². The predicted molar refractivity (Wildman–Crippen MR) is 253 cm³/mol. The lowest BCUT2D eigenvalue weighted by atomic mass is 10.0. The molecule has 9 aromatic carbocycles. The van der Waals surface area contributed by atoms with E-state index in [4.69, 9.17) is 0 Å². The summed E-state index contributed by atoms with van der Waals surface area (Å²) in [7, 11) is 0. The van der Waals surface area contributed by atoms with Crippen LogP contribution < -0.4 is 0 Å². The number of aromatic nitrogens is 4. The Bertz CT molecular complexity index is 3840. The second-order valence-corrected chi connectivity index (χ2v) is 15.9. The molecule has 0 fully saturated rings. The maximum Gasteiger partial charge on any atom is 0.101 e. The molecule has 6 heteroatoms. The lowest BCUT2D eigenvalue weighted by Gasteiger charge is -2.19. The quantitative estimate of drug-likeness (QED) is 0.178. The first-order valence-electron chi connectivity index (χ1n) is 20.7. The molecule has 0 aliphatic heterocycles. The first-order chi connectivity index (χ1) is 30.7. The summed E-state index contributed by atoms with van der Waals surface area (Å²) in [4.78, 5) is 0. The summed E-state index contributed by atoms with van der Waals surface area (Å²) in [5, 5.41) is 30.4. The first-order valence-corrected chi connectivity index (χ1v) is 20.7. The lowest BCUT2D eigenvalue weighted by Crippen LogP contribution is -2.06. The van der Waals surface area contributed by atoms with Gasteiger partial charge in [-0.1, -0.05) is 121 Å². The maximum atomic E-state index is 10.8. The molecule has 0 spiro atoms. The Balaban J connectivity index is 1.25. The second kappa shape index (κ2) is 12.8. The summed E-state index contributed by atoms with van der Waals surface area (Å²) in [5.74, 6) is 0. The van der Waals surface area contributed by atoms with Gasteiger partial charge >= 0.3 is 0 Å². The Kier molecular flexibility index (Phi) is 7.05. The molecule has 0 radical (unpaired) electrons. The Morgan fingerprint density at radius 1 is 0.290 bits per heavy atom. The molecule has 13 aromatic rings. The Labute approximate surface area is 354 Å². The molecule has 6 nitrogen and oxygen atoms in total. The zero-order chi connectivity index (χ0) is 41.1. The molecule has 62 heavy (non-hydrogen) atoms. The fourth-order valence-corrected chi connectivity index (χ4v) is 10.3. The third kappa shape index (κ3) is 4.50. The zero-order valence-electron chi connectivity index (χ0n) is 33.2. The molecule has 0 amide bonds. The average Bonchev–Trinajstić information content (AvgIpc) is 4.06. The monoisotopic (exact) mass is 788 g/mol. The van der Waals surface area contributed by atoms with Gasteiger partial charge in [0.05, 0.1) is 66.6 Å². The molecule has 0 aliphatic carbocycles. The van der Waals surface area contributed by atoms with Crippen LogP contribution in [-0.4, -0.2) is 18.3 Å². The van der Waals surface area contributed by atoms with Gasteiger partial charge in [0.1, 0.15) is 12.1 Å². The normalized spacial score (nSPS) is 11.8. The molecule has 0 N–H and O–H groups in total. The predicted octanol–water partition coefficient (Wildman–Crippen LogP) is 13.8. The molecule has 4 aromatic heterocycles. The van der Waals surface area contributed by atoms with E-state index in [1.807, 2.05) is 12.1 Å². The molecule has 0 bridgehead atoms. The van der Waals surface area contributed by atoms with Gasteiger partial charge in [-0.05, 0) is 72.8 Å². The van der Waals surface area contributed by atoms with Gasteiger partial charge < -0.3 is 18.3 Å². The van der Waals surface area contributed by atoms with Crippen molar-refractivity contribution in [3.05, 3.63) is 205 Å². The van der Waals surface area contributed by atoms with E-state index >= 15 is 0 Å². The summed E-state index contributed by atoms with van der Waals surface area (Å²) in [6, 6.07) is 73.0. The summed E-state index contributed by atoms with van der Waals surface area (Å²) < 4.78 is 9.39. The van der Waals surface area contributed by atoms with E-state index in [2.05, 4.69) is 212 Å². The number of benzene rings is 9. The maximum absolute atomic E-state index is 10.8. The molecule has 0 unspecified atom stereocenters. The third-order valence-corrected chi connectivity index (χ3v) is 12.8. The molecule has 13 rings (SSSR count). The minimum atomic E-state index is 0.322. The van der Waals surface area contributed by atoms with E-state index in [1.54, 1.807) is 0 Å². The largest absolute Gasteiger partial charge is 0.309 e. The van der Waals surface area contributed by atoms with Crippen LogP contribution in [0.1, 0.15) is 11.1 Å². The van der Waals surface area contributed by atoms with Gasteiger partial charge in [0.2, 0.25) is 0 Å². The molecule has 0 atom stereocenters. The van der Waals surface area contributed by atoms with Crippen LogP contribution in [0.4, 0.5) is 0 Å². The first kappa shape index (κ1) is 34.1. The number of nitriles is 2. The number of para-hydroxylation sites is 6. The van der Waals surface area contributed by atoms with Crippen LogP contribution in [0.3, 0.4) is 0 Å². The van der Waals surface area contributed by atoms with Crippen LogP contribution in [0.2, 0.25) is 0 Å². The summed E-state index contributed by atoms with van der Waals surface area (Å²) in [5.41, 5.74) is 12.9. The zero-order valence-corrected chi connectivity index (χ0v) is 33.2. The van der Waals surface area contributed by atoms with Crippen LogP contribution in [0.5, 0.6) is 0 Å². The number of hydrogen-bond acceptors (Lipinski definition) is 2. The number of hydrogen-bond donors (Lipinski definition) is 0. The van der Waals surface area contributed by atoms with Crippen molar-refractivity contribution in [3.8, 4) is 34.9 Å². The van der Waals surface area contributed by atoms with Crippen molar-refractivity contribution in [1.29, 1.82) is 10.5 Å². The molecule has 0 aliphatic rings. The highest BCUT2D eigenvalue weighted by Gasteiger charge is 2.27. The van der Waals surface area contributed by atoms with Gasteiger partial charge in [-0.15, -0.1) is 0 Å². The lowest BCUT2D eigenvalue weighted by molar-refractivity contribution is 1.09. The third-order valence-electron chi connectivity index (χ3n) is 12.8. The standard InChI is InChI=1S/C56H32N6/c57-33-35-31-51(61-45-23-11-7-19-39(45)41-27-29-49-53(55(41)61)43-21-9-13-25-47(43)59(49)37-15-3-1-4-16-37)52(32-36(35)34-58)62-46-24-12-8-20-40(46)42-28-30-50-54(56(42)62)44-22-10-14-26-48(44)60(50)38-17-5-2-6-18-38/h1-32H. The van der Waals surface area contributed by atoms with Crippen molar-refractivity contribution in [2.24, 2.45) is 0 Å². The minimum absolute atomic E-state index is 0.322. The van der Waals surface area contributed by atoms with Gasteiger partial charge in [-0.2, -0.15) is 10.5 Å². The second-order valence-electron chi connectivity index (χ2n) is 15.9.